The number of likely N-dealkylation sites (tertiary alicyclic amines) is 2. The fourth-order valence-electron chi connectivity index (χ4n) is 8.18. The van der Waals surface area contributed by atoms with Crippen molar-refractivity contribution in [1.29, 1.82) is 0 Å². The number of nitrogens with zero attached hydrogens (tertiary/aromatic N) is 2. The van der Waals surface area contributed by atoms with Crippen molar-refractivity contribution in [2.75, 3.05) is 23.7 Å². The molecule has 2 aliphatic heterocycles. The number of benzene rings is 2. The van der Waals surface area contributed by atoms with E-state index in [2.05, 4.69) is 10.6 Å². The van der Waals surface area contributed by atoms with Gasteiger partial charge in [-0.3, -0.25) is 19.4 Å². The van der Waals surface area contributed by atoms with Gasteiger partial charge in [0.25, 0.3) is 0 Å². The molecule has 2 aromatic carbocycles. The van der Waals surface area contributed by atoms with E-state index in [4.69, 9.17) is 0 Å². The SMILES string of the molecule is O=C(Nc1ccc(/C=C/c2ccc(NC(=O)[C@@H]3CCCN3[C@H](O)C3CCCCC3)cc2)cc1)[C@@H]1CCCN1[C@H](O)C1CCCCC1. The number of carbonyl (C=O) groups excluding carboxylic acids is 2. The van der Waals surface area contributed by atoms with E-state index in [1.807, 2.05) is 70.5 Å². The second-order valence-corrected chi connectivity index (χ2v) is 14.0. The maximum Gasteiger partial charge on any atom is 0.241 e. The maximum atomic E-state index is 13.2. The summed E-state index contributed by atoms with van der Waals surface area (Å²) in [6.45, 7) is 1.55. The molecule has 4 fully saturated rings. The van der Waals surface area contributed by atoms with Crippen LogP contribution in [0.4, 0.5) is 11.4 Å². The first-order valence-corrected chi connectivity index (χ1v) is 17.8. The topological polar surface area (TPSA) is 105 Å². The molecule has 0 bridgehead atoms. The Labute approximate surface area is 274 Å². The number of hydrogen-bond acceptors (Lipinski definition) is 6. The number of rotatable bonds is 10. The van der Waals surface area contributed by atoms with Crippen LogP contribution < -0.4 is 10.6 Å². The van der Waals surface area contributed by atoms with Crippen LogP contribution in [0, 0.1) is 11.8 Å². The quantitative estimate of drug-likeness (QED) is 0.225. The van der Waals surface area contributed by atoms with Crippen LogP contribution in [0.5, 0.6) is 0 Å². The number of aliphatic hydroxyl groups excluding tert-OH is 2. The lowest BCUT2D eigenvalue weighted by Crippen LogP contribution is -2.48. The van der Waals surface area contributed by atoms with Crippen molar-refractivity contribution < 1.29 is 19.8 Å². The Morgan fingerprint density at radius 3 is 1.30 bits per heavy atom. The molecule has 46 heavy (non-hydrogen) atoms. The Hall–Kier alpha value is -3.04. The summed E-state index contributed by atoms with van der Waals surface area (Å²) in [5, 5.41) is 28.2. The molecule has 0 aromatic heterocycles. The van der Waals surface area contributed by atoms with E-state index in [9.17, 15) is 19.8 Å². The molecular weight excluding hydrogens is 576 g/mol. The highest BCUT2D eigenvalue weighted by molar-refractivity contribution is 5.96. The minimum atomic E-state index is -0.529. The predicted molar refractivity (Wildman–Crippen MR) is 184 cm³/mol. The molecule has 8 heteroatoms. The normalized spacial score (nSPS) is 25.1. The fourth-order valence-corrected chi connectivity index (χ4v) is 8.18. The third-order valence-electron chi connectivity index (χ3n) is 10.8. The number of aliphatic hydroxyl groups is 2. The predicted octanol–water partition coefficient (Wildman–Crippen LogP) is 6.46. The zero-order chi connectivity index (χ0) is 31.9. The maximum absolute atomic E-state index is 13.2. The second-order valence-electron chi connectivity index (χ2n) is 14.0. The largest absolute Gasteiger partial charge is 0.378 e. The minimum absolute atomic E-state index is 0.0381. The average Bonchev–Trinajstić information content (AvgIpc) is 3.80. The number of carbonyl (C=O) groups is 2. The van der Waals surface area contributed by atoms with Crippen LogP contribution in [-0.4, -0.2) is 69.5 Å². The highest BCUT2D eigenvalue weighted by Crippen LogP contribution is 2.33. The zero-order valence-electron chi connectivity index (χ0n) is 27.2. The van der Waals surface area contributed by atoms with Gasteiger partial charge >= 0.3 is 0 Å². The van der Waals surface area contributed by atoms with E-state index in [-0.39, 0.29) is 35.7 Å². The van der Waals surface area contributed by atoms with Gasteiger partial charge in [0.1, 0.15) is 12.5 Å². The Morgan fingerprint density at radius 1 is 0.565 bits per heavy atom. The van der Waals surface area contributed by atoms with Gasteiger partial charge in [-0.05, 0) is 98.6 Å². The van der Waals surface area contributed by atoms with Gasteiger partial charge in [0, 0.05) is 24.5 Å². The summed E-state index contributed by atoms with van der Waals surface area (Å²) in [7, 11) is 0. The van der Waals surface area contributed by atoms with Crippen molar-refractivity contribution in [1.82, 2.24) is 9.80 Å². The summed E-state index contributed by atoms with van der Waals surface area (Å²) < 4.78 is 0. The lowest BCUT2D eigenvalue weighted by Gasteiger charge is -2.35. The van der Waals surface area contributed by atoms with Crippen molar-refractivity contribution >= 4 is 35.3 Å². The lowest BCUT2D eigenvalue weighted by atomic mass is 9.87. The number of hydrogen-bond donors (Lipinski definition) is 4. The third kappa shape index (κ3) is 8.08. The number of anilines is 2. The molecule has 0 unspecified atom stereocenters. The van der Waals surface area contributed by atoms with E-state index in [0.717, 1.165) is 87.0 Å². The zero-order valence-corrected chi connectivity index (χ0v) is 27.2. The summed E-state index contributed by atoms with van der Waals surface area (Å²) in [6, 6.07) is 15.1. The van der Waals surface area contributed by atoms with Crippen molar-refractivity contribution in [2.45, 2.75) is 114 Å². The van der Waals surface area contributed by atoms with Gasteiger partial charge in [-0.1, -0.05) is 74.9 Å². The summed E-state index contributed by atoms with van der Waals surface area (Å²) in [5.41, 5.74) is 3.55. The van der Waals surface area contributed by atoms with Gasteiger partial charge in [-0.25, -0.2) is 0 Å². The molecule has 4 aliphatic rings. The second kappa shape index (κ2) is 15.7. The molecular formula is C38H52N4O4. The van der Waals surface area contributed by atoms with Gasteiger partial charge in [0.05, 0.1) is 12.1 Å². The first kappa shape index (κ1) is 32.9. The molecule has 0 spiro atoms. The van der Waals surface area contributed by atoms with E-state index in [1.54, 1.807) is 0 Å². The average molecular weight is 629 g/mol. The summed E-state index contributed by atoms with van der Waals surface area (Å²) in [4.78, 5) is 30.4. The molecule has 2 aliphatic carbocycles. The highest BCUT2D eigenvalue weighted by atomic mass is 16.3. The first-order chi connectivity index (χ1) is 22.5. The van der Waals surface area contributed by atoms with Gasteiger partial charge in [0.2, 0.25) is 11.8 Å². The van der Waals surface area contributed by atoms with E-state index >= 15 is 0 Å². The Balaban J connectivity index is 0.983. The van der Waals surface area contributed by atoms with E-state index in [1.165, 1.54) is 38.5 Å². The van der Waals surface area contributed by atoms with E-state index < -0.39 is 12.5 Å². The lowest BCUT2D eigenvalue weighted by molar-refractivity contribution is -0.127. The van der Waals surface area contributed by atoms with Crippen molar-refractivity contribution in [3.05, 3.63) is 59.7 Å². The number of nitrogens with one attached hydrogen (secondary N) is 2. The summed E-state index contributed by atoms with van der Waals surface area (Å²) >= 11 is 0. The van der Waals surface area contributed by atoms with Crippen LogP contribution in [0.25, 0.3) is 12.2 Å². The van der Waals surface area contributed by atoms with Crippen molar-refractivity contribution in [3.63, 3.8) is 0 Å². The van der Waals surface area contributed by atoms with Crippen LogP contribution in [0.3, 0.4) is 0 Å². The fraction of sp³-hybridized carbons (Fsp3) is 0.579. The number of amides is 2. The van der Waals surface area contributed by atoms with Crippen LogP contribution in [0.1, 0.15) is 101 Å². The van der Waals surface area contributed by atoms with Crippen LogP contribution >= 0.6 is 0 Å². The molecule has 2 amide bonds. The summed E-state index contributed by atoms with van der Waals surface area (Å²) in [6.07, 6.45) is 17.8. The molecule has 6 rings (SSSR count). The monoisotopic (exact) mass is 628 g/mol. The molecule has 248 valence electrons. The smallest absolute Gasteiger partial charge is 0.241 e. The molecule has 2 saturated heterocycles. The van der Waals surface area contributed by atoms with Gasteiger partial charge in [-0.2, -0.15) is 0 Å². The molecule has 8 nitrogen and oxygen atoms in total. The minimum Gasteiger partial charge on any atom is -0.378 e. The molecule has 4 atom stereocenters. The standard InChI is InChI=1S/C38H52N4O4/c43-35(33-13-7-25-41(33)37(45)29-9-3-1-4-10-29)39-31-21-17-27(18-22-31)15-16-28-19-23-32(24-20-28)40-36(44)34-14-8-26-42(34)38(46)30-11-5-2-6-12-30/h15-24,29-30,33-34,37-38,45-46H,1-14,25-26H2,(H,39,43)(H,40,44)/b16-15+/t33-,34-,37+,38+/m0/s1. The Kier molecular flexibility index (Phi) is 11.2. The highest BCUT2D eigenvalue weighted by Gasteiger charge is 2.39. The Bertz CT molecular complexity index is 1220. The Morgan fingerprint density at radius 2 is 0.935 bits per heavy atom. The first-order valence-electron chi connectivity index (χ1n) is 17.8. The van der Waals surface area contributed by atoms with Gasteiger partial charge in [0.15, 0.2) is 0 Å². The van der Waals surface area contributed by atoms with Gasteiger partial charge < -0.3 is 20.8 Å². The summed E-state index contributed by atoms with van der Waals surface area (Å²) in [5.74, 6) is 0.473. The molecule has 2 heterocycles. The molecule has 0 radical (unpaired) electrons. The van der Waals surface area contributed by atoms with Crippen LogP contribution in [0.15, 0.2) is 48.5 Å². The van der Waals surface area contributed by atoms with Gasteiger partial charge in [-0.15, -0.1) is 0 Å². The molecule has 2 aromatic rings. The molecule has 2 saturated carbocycles. The van der Waals surface area contributed by atoms with Crippen molar-refractivity contribution in [2.24, 2.45) is 11.8 Å². The van der Waals surface area contributed by atoms with E-state index in [0.29, 0.717) is 0 Å². The molecule has 4 N–H and O–H groups in total. The van der Waals surface area contributed by atoms with Crippen LogP contribution in [-0.2, 0) is 9.59 Å². The van der Waals surface area contributed by atoms with Crippen LogP contribution in [0.2, 0.25) is 0 Å². The van der Waals surface area contributed by atoms with Crippen molar-refractivity contribution in [3.8, 4) is 0 Å². The third-order valence-corrected chi connectivity index (χ3v) is 10.8.